The van der Waals surface area contributed by atoms with Crippen molar-refractivity contribution in [3.8, 4) is 17.2 Å². The number of nitrogens with zero attached hydrogens (tertiary/aromatic N) is 1. The van der Waals surface area contributed by atoms with E-state index in [0.717, 1.165) is 31.0 Å². The van der Waals surface area contributed by atoms with Gasteiger partial charge in [0.25, 0.3) is 0 Å². The molecule has 2 unspecified atom stereocenters. The monoisotopic (exact) mass is 279 g/mol. The molecule has 1 aromatic rings. The Morgan fingerprint density at radius 3 is 2.60 bits per heavy atom. The van der Waals surface area contributed by atoms with Crippen LogP contribution >= 0.6 is 0 Å². The fourth-order valence-electron chi connectivity index (χ4n) is 2.79. The van der Waals surface area contributed by atoms with Crippen molar-refractivity contribution in [1.82, 2.24) is 4.90 Å². The molecule has 112 valence electrons. The molecule has 0 radical (unpaired) electrons. The molecule has 1 aromatic carbocycles. The summed E-state index contributed by atoms with van der Waals surface area (Å²) < 4.78 is 16.7. The fraction of sp³-hybridized carbons (Fsp3) is 0.625. The van der Waals surface area contributed by atoms with Crippen LogP contribution in [0.15, 0.2) is 18.2 Å². The number of benzene rings is 1. The zero-order valence-electron chi connectivity index (χ0n) is 12.9. The van der Waals surface area contributed by atoms with Gasteiger partial charge in [0.05, 0.1) is 14.2 Å². The molecule has 2 rings (SSSR count). The third-order valence-corrected chi connectivity index (χ3v) is 3.91. The van der Waals surface area contributed by atoms with E-state index in [1.807, 2.05) is 18.2 Å². The molecule has 1 fully saturated rings. The van der Waals surface area contributed by atoms with E-state index in [1.54, 1.807) is 14.2 Å². The van der Waals surface area contributed by atoms with Gasteiger partial charge in [-0.1, -0.05) is 6.92 Å². The molecule has 1 aliphatic rings. The topological polar surface area (TPSA) is 30.9 Å². The maximum absolute atomic E-state index is 6.18. The second kappa shape index (κ2) is 6.84. The highest BCUT2D eigenvalue weighted by Gasteiger charge is 2.24. The molecule has 1 saturated heterocycles. The first-order valence-corrected chi connectivity index (χ1v) is 7.21. The van der Waals surface area contributed by atoms with Gasteiger partial charge in [-0.05, 0) is 38.6 Å². The average Bonchev–Trinajstić information content (AvgIpc) is 2.60. The van der Waals surface area contributed by atoms with Crippen molar-refractivity contribution in [3.63, 3.8) is 0 Å². The van der Waals surface area contributed by atoms with Crippen molar-refractivity contribution in [2.24, 2.45) is 5.92 Å². The SMILES string of the molecule is COc1ccc(OC2CCCN(C)CC2C)cc1OC. The lowest BCUT2D eigenvalue weighted by Gasteiger charge is -2.24. The molecule has 0 spiro atoms. The summed E-state index contributed by atoms with van der Waals surface area (Å²) in [6, 6.07) is 5.74. The average molecular weight is 279 g/mol. The first-order chi connectivity index (χ1) is 9.63. The standard InChI is InChI=1S/C16H25NO3/c1-12-11-17(2)9-5-6-14(12)20-13-7-8-15(18-3)16(10-13)19-4/h7-8,10,12,14H,5-6,9,11H2,1-4H3. The number of hydrogen-bond acceptors (Lipinski definition) is 4. The third-order valence-electron chi connectivity index (χ3n) is 3.91. The zero-order chi connectivity index (χ0) is 14.5. The van der Waals surface area contributed by atoms with Crippen molar-refractivity contribution < 1.29 is 14.2 Å². The minimum absolute atomic E-state index is 0.262. The van der Waals surface area contributed by atoms with Gasteiger partial charge in [0, 0.05) is 18.5 Å². The second-order valence-corrected chi connectivity index (χ2v) is 5.55. The summed E-state index contributed by atoms with van der Waals surface area (Å²) in [6.45, 7) is 4.49. The van der Waals surface area contributed by atoms with Crippen LogP contribution in [-0.2, 0) is 0 Å². The van der Waals surface area contributed by atoms with E-state index in [1.165, 1.54) is 6.42 Å². The number of methoxy groups -OCH3 is 2. The lowest BCUT2D eigenvalue weighted by atomic mass is 10.0. The van der Waals surface area contributed by atoms with Crippen molar-refractivity contribution in [1.29, 1.82) is 0 Å². The van der Waals surface area contributed by atoms with Crippen LogP contribution in [0.5, 0.6) is 17.2 Å². The van der Waals surface area contributed by atoms with Crippen LogP contribution in [0.1, 0.15) is 19.8 Å². The molecule has 0 amide bonds. The fourth-order valence-corrected chi connectivity index (χ4v) is 2.79. The Balaban J connectivity index is 2.08. The van der Waals surface area contributed by atoms with Crippen LogP contribution in [0, 0.1) is 5.92 Å². The molecule has 0 bridgehead atoms. The zero-order valence-corrected chi connectivity index (χ0v) is 12.9. The summed E-state index contributed by atoms with van der Waals surface area (Å²) in [5, 5.41) is 0. The van der Waals surface area contributed by atoms with Crippen LogP contribution in [0.4, 0.5) is 0 Å². The number of rotatable bonds is 4. The Morgan fingerprint density at radius 1 is 1.15 bits per heavy atom. The maximum Gasteiger partial charge on any atom is 0.164 e. The summed E-state index contributed by atoms with van der Waals surface area (Å²) in [5.41, 5.74) is 0. The van der Waals surface area contributed by atoms with Crippen LogP contribution in [0.2, 0.25) is 0 Å². The molecule has 0 aromatic heterocycles. The first kappa shape index (κ1) is 15.0. The molecule has 0 N–H and O–H groups in total. The molecule has 0 saturated carbocycles. The normalized spacial score (nSPS) is 24.0. The van der Waals surface area contributed by atoms with Crippen molar-refractivity contribution in [2.75, 3.05) is 34.4 Å². The summed E-state index contributed by atoms with van der Waals surface area (Å²) in [7, 11) is 5.46. The Morgan fingerprint density at radius 2 is 1.90 bits per heavy atom. The number of likely N-dealkylation sites (tertiary alicyclic amines) is 1. The molecule has 4 nitrogen and oxygen atoms in total. The van der Waals surface area contributed by atoms with Crippen LogP contribution < -0.4 is 14.2 Å². The van der Waals surface area contributed by atoms with Crippen LogP contribution in [0.3, 0.4) is 0 Å². The third kappa shape index (κ3) is 3.57. The van der Waals surface area contributed by atoms with Gasteiger partial charge in [-0.15, -0.1) is 0 Å². The second-order valence-electron chi connectivity index (χ2n) is 5.55. The molecular formula is C16H25NO3. The van der Waals surface area contributed by atoms with E-state index in [-0.39, 0.29) is 6.10 Å². The Bertz CT molecular complexity index is 436. The van der Waals surface area contributed by atoms with Gasteiger partial charge in [-0.25, -0.2) is 0 Å². The van der Waals surface area contributed by atoms with Gasteiger partial charge in [0.2, 0.25) is 0 Å². The van der Waals surface area contributed by atoms with E-state index >= 15 is 0 Å². The highest BCUT2D eigenvalue weighted by Crippen LogP contribution is 2.32. The molecule has 4 heteroatoms. The highest BCUT2D eigenvalue weighted by molar-refractivity contribution is 5.45. The van der Waals surface area contributed by atoms with Crippen LogP contribution in [0.25, 0.3) is 0 Å². The summed E-state index contributed by atoms with van der Waals surface area (Å²) >= 11 is 0. The molecule has 1 aliphatic heterocycles. The molecule has 20 heavy (non-hydrogen) atoms. The van der Waals surface area contributed by atoms with E-state index < -0.39 is 0 Å². The highest BCUT2D eigenvalue weighted by atomic mass is 16.5. The lowest BCUT2D eigenvalue weighted by Crippen LogP contribution is -2.30. The predicted molar refractivity (Wildman–Crippen MR) is 79.9 cm³/mol. The van der Waals surface area contributed by atoms with Crippen molar-refractivity contribution in [3.05, 3.63) is 18.2 Å². The van der Waals surface area contributed by atoms with Gasteiger partial charge >= 0.3 is 0 Å². The van der Waals surface area contributed by atoms with Crippen LogP contribution in [-0.4, -0.2) is 45.4 Å². The summed E-state index contributed by atoms with van der Waals surface area (Å²) in [6.07, 6.45) is 2.54. The summed E-state index contributed by atoms with van der Waals surface area (Å²) in [4.78, 5) is 2.38. The summed E-state index contributed by atoms with van der Waals surface area (Å²) in [5.74, 6) is 2.82. The Hall–Kier alpha value is -1.42. The van der Waals surface area contributed by atoms with Gasteiger partial charge < -0.3 is 19.1 Å². The van der Waals surface area contributed by atoms with Gasteiger partial charge in [-0.2, -0.15) is 0 Å². The molecule has 0 aliphatic carbocycles. The quantitative estimate of drug-likeness (QED) is 0.848. The number of ether oxygens (including phenoxy) is 3. The first-order valence-electron chi connectivity index (χ1n) is 7.21. The van der Waals surface area contributed by atoms with E-state index in [9.17, 15) is 0 Å². The predicted octanol–water partition coefficient (Wildman–Crippen LogP) is 2.81. The minimum Gasteiger partial charge on any atom is -0.493 e. The largest absolute Gasteiger partial charge is 0.493 e. The van der Waals surface area contributed by atoms with Crippen molar-refractivity contribution in [2.45, 2.75) is 25.9 Å². The minimum atomic E-state index is 0.262. The van der Waals surface area contributed by atoms with E-state index in [0.29, 0.717) is 11.7 Å². The van der Waals surface area contributed by atoms with E-state index in [4.69, 9.17) is 14.2 Å². The Labute approximate surface area is 121 Å². The lowest BCUT2D eigenvalue weighted by molar-refractivity contribution is 0.130. The molecular weight excluding hydrogens is 254 g/mol. The van der Waals surface area contributed by atoms with Gasteiger partial charge in [-0.3, -0.25) is 0 Å². The van der Waals surface area contributed by atoms with E-state index in [2.05, 4.69) is 18.9 Å². The van der Waals surface area contributed by atoms with Gasteiger partial charge in [0.15, 0.2) is 11.5 Å². The maximum atomic E-state index is 6.18. The molecule has 2 atom stereocenters. The number of hydrogen-bond donors (Lipinski definition) is 0. The smallest absolute Gasteiger partial charge is 0.164 e. The molecule has 1 heterocycles. The Kier molecular flexibility index (Phi) is 5.12. The van der Waals surface area contributed by atoms with Crippen molar-refractivity contribution >= 4 is 0 Å². The van der Waals surface area contributed by atoms with Gasteiger partial charge in [0.1, 0.15) is 11.9 Å².